The minimum atomic E-state index is -0.999. The van der Waals surface area contributed by atoms with Crippen molar-refractivity contribution in [2.24, 2.45) is 0 Å². The smallest absolute Gasteiger partial charge is 0.413 e. The van der Waals surface area contributed by atoms with Crippen LogP contribution in [0, 0.1) is 0 Å². The van der Waals surface area contributed by atoms with E-state index in [1.54, 1.807) is 24.4 Å². The lowest BCUT2D eigenvalue weighted by atomic mass is 9.99. The highest BCUT2D eigenvalue weighted by Crippen LogP contribution is 2.25. The van der Waals surface area contributed by atoms with Crippen LogP contribution in [-0.4, -0.2) is 65.6 Å². The Kier molecular flexibility index (Phi) is 8.67. The lowest BCUT2D eigenvalue weighted by Gasteiger charge is -2.26. The number of carboxylic acid groups (broad SMARTS) is 1. The molecule has 3 heterocycles. The van der Waals surface area contributed by atoms with E-state index < -0.39 is 18.3 Å². The van der Waals surface area contributed by atoms with Gasteiger partial charge in [-0.25, -0.2) is 20.1 Å². The Hall–Kier alpha value is -2.75. The van der Waals surface area contributed by atoms with Gasteiger partial charge in [-0.05, 0) is 68.7 Å². The molecule has 0 radical (unpaired) electrons. The van der Waals surface area contributed by atoms with E-state index in [9.17, 15) is 14.7 Å². The highest BCUT2D eigenvalue weighted by atomic mass is 16.8. The average Bonchev–Trinajstić information content (AvgIpc) is 3.31. The predicted octanol–water partition coefficient (Wildman–Crippen LogP) is 3.73. The molecule has 2 fully saturated rings. The Morgan fingerprint density at radius 2 is 2.18 bits per heavy atom. The summed E-state index contributed by atoms with van der Waals surface area (Å²) < 4.78 is 5.40. The van der Waals surface area contributed by atoms with Crippen molar-refractivity contribution in [3.8, 4) is 0 Å². The van der Waals surface area contributed by atoms with Gasteiger partial charge in [0.25, 0.3) is 5.91 Å². The number of aromatic nitrogens is 1. The van der Waals surface area contributed by atoms with Gasteiger partial charge in [-0.1, -0.05) is 11.6 Å². The van der Waals surface area contributed by atoms with E-state index in [2.05, 4.69) is 21.4 Å². The summed E-state index contributed by atoms with van der Waals surface area (Å²) in [4.78, 5) is 37.4. The van der Waals surface area contributed by atoms with Crippen molar-refractivity contribution in [1.29, 1.82) is 0 Å². The van der Waals surface area contributed by atoms with Gasteiger partial charge >= 0.3 is 6.09 Å². The lowest BCUT2D eigenvalue weighted by molar-refractivity contribution is -0.198. The number of hydrogen-bond donors (Lipinski definition) is 2. The Labute approximate surface area is 200 Å². The number of hydrogen-bond acceptors (Lipinski definition) is 6. The average molecular weight is 471 g/mol. The first-order valence-corrected chi connectivity index (χ1v) is 12.2. The van der Waals surface area contributed by atoms with Crippen molar-refractivity contribution in [1.82, 2.24) is 15.4 Å². The molecule has 1 aromatic rings. The van der Waals surface area contributed by atoms with E-state index in [1.165, 1.54) is 29.4 Å². The lowest BCUT2D eigenvalue weighted by Crippen LogP contribution is -2.42. The zero-order valence-corrected chi connectivity index (χ0v) is 19.5. The molecule has 1 unspecified atom stereocenters. The Balaban J connectivity index is 1.30. The number of anilines is 1. The monoisotopic (exact) mass is 470 g/mol. The van der Waals surface area contributed by atoms with Gasteiger partial charge in [0.1, 0.15) is 5.82 Å². The molecular formula is C25H34N4O5. The molecule has 184 valence electrons. The van der Waals surface area contributed by atoms with Crippen molar-refractivity contribution < 1.29 is 24.3 Å². The third kappa shape index (κ3) is 6.88. The number of carbonyl (C=O) groups excluding carboxylic acids is 1. The standard InChI is InChI=1S/C25H34N4O5/c30-23(27-34-24-8-4-5-15-33-24)12-10-19-9-11-22(26-16-19)29(25(31)32)21-13-14-28(18-21)17-20-6-2-1-3-7-20/h6,9-12,16,21,24H,1-5,7-8,13-15,17-18H2,(H,27,30)(H,31,32)/b12-10+/t21-,24?/m1/s1. The summed E-state index contributed by atoms with van der Waals surface area (Å²) >= 11 is 0. The molecule has 0 saturated carbocycles. The van der Waals surface area contributed by atoms with Gasteiger partial charge in [0.05, 0.1) is 6.04 Å². The summed E-state index contributed by atoms with van der Waals surface area (Å²) in [5.41, 5.74) is 4.54. The molecule has 34 heavy (non-hydrogen) atoms. The second-order valence-electron chi connectivity index (χ2n) is 9.10. The number of pyridine rings is 1. The predicted molar refractivity (Wildman–Crippen MR) is 128 cm³/mol. The van der Waals surface area contributed by atoms with Gasteiger partial charge in [0.2, 0.25) is 0 Å². The van der Waals surface area contributed by atoms with Gasteiger partial charge in [-0.2, -0.15) is 0 Å². The van der Waals surface area contributed by atoms with E-state index in [0.717, 1.165) is 51.6 Å². The van der Waals surface area contributed by atoms with Gasteiger partial charge in [0.15, 0.2) is 6.29 Å². The second kappa shape index (κ2) is 12.1. The van der Waals surface area contributed by atoms with Crippen LogP contribution in [0.15, 0.2) is 36.1 Å². The van der Waals surface area contributed by atoms with Crippen molar-refractivity contribution in [2.45, 2.75) is 63.7 Å². The zero-order chi connectivity index (χ0) is 23.8. The van der Waals surface area contributed by atoms with E-state index in [0.29, 0.717) is 24.5 Å². The number of hydroxylamine groups is 1. The fourth-order valence-electron chi connectivity index (χ4n) is 4.72. The summed E-state index contributed by atoms with van der Waals surface area (Å²) in [5, 5.41) is 9.87. The molecule has 2 N–H and O–H groups in total. The van der Waals surface area contributed by atoms with Crippen molar-refractivity contribution in [3.63, 3.8) is 0 Å². The third-order valence-electron chi connectivity index (χ3n) is 6.50. The number of ether oxygens (including phenoxy) is 1. The maximum atomic E-state index is 12.1. The molecule has 2 amide bonds. The fraction of sp³-hybridized carbons (Fsp3) is 0.560. The van der Waals surface area contributed by atoms with Gasteiger partial charge in [-0.3, -0.25) is 14.6 Å². The molecule has 0 spiro atoms. The van der Waals surface area contributed by atoms with E-state index in [4.69, 9.17) is 9.57 Å². The van der Waals surface area contributed by atoms with Gasteiger partial charge in [0, 0.05) is 44.9 Å². The highest BCUT2D eigenvalue weighted by molar-refractivity contribution is 5.91. The number of likely N-dealkylation sites (tertiary alicyclic amines) is 1. The quantitative estimate of drug-likeness (QED) is 0.339. The van der Waals surface area contributed by atoms with E-state index in [-0.39, 0.29) is 6.04 Å². The van der Waals surface area contributed by atoms with Crippen LogP contribution in [0.5, 0.6) is 0 Å². The molecule has 2 atom stereocenters. The van der Waals surface area contributed by atoms with Gasteiger partial charge < -0.3 is 9.84 Å². The molecule has 2 saturated heterocycles. The maximum absolute atomic E-state index is 12.1. The van der Waals surface area contributed by atoms with Crippen LogP contribution in [0.3, 0.4) is 0 Å². The number of allylic oxidation sites excluding steroid dienone is 1. The number of carbonyl (C=O) groups is 2. The first kappa shape index (κ1) is 24.4. The number of rotatable bonds is 8. The van der Waals surface area contributed by atoms with E-state index in [1.807, 2.05) is 0 Å². The summed E-state index contributed by atoms with van der Waals surface area (Å²) in [7, 11) is 0. The van der Waals surface area contributed by atoms with Crippen LogP contribution < -0.4 is 10.4 Å². The SMILES string of the molecule is O=C(/C=C/c1ccc(N(C(=O)O)[C@@H]2CCN(CC3=CCCCC3)C2)nc1)NOC1CCCCO1. The molecule has 2 aliphatic heterocycles. The van der Waals surface area contributed by atoms with Crippen LogP contribution in [0.1, 0.15) is 56.9 Å². The number of nitrogens with zero attached hydrogens (tertiary/aromatic N) is 3. The third-order valence-corrected chi connectivity index (χ3v) is 6.50. The van der Waals surface area contributed by atoms with Crippen LogP contribution in [-0.2, 0) is 14.4 Å². The molecule has 9 nitrogen and oxygen atoms in total. The minimum absolute atomic E-state index is 0.125. The molecule has 3 aliphatic rings. The number of nitrogens with one attached hydrogen (secondary N) is 1. The molecular weight excluding hydrogens is 436 g/mol. The fourth-order valence-corrected chi connectivity index (χ4v) is 4.72. The Morgan fingerprint density at radius 1 is 1.26 bits per heavy atom. The number of amides is 2. The molecule has 4 rings (SSSR count). The first-order valence-electron chi connectivity index (χ1n) is 12.2. The van der Waals surface area contributed by atoms with Gasteiger partial charge in [-0.15, -0.1) is 0 Å². The summed E-state index contributed by atoms with van der Waals surface area (Å²) in [6, 6.07) is 3.32. The van der Waals surface area contributed by atoms with Crippen molar-refractivity contribution >= 4 is 23.9 Å². The van der Waals surface area contributed by atoms with Crippen LogP contribution in [0.4, 0.5) is 10.6 Å². The van der Waals surface area contributed by atoms with Crippen LogP contribution in [0.2, 0.25) is 0 Å². The largest absolute Gasteiger partial charge is 0.465 e. The summed E-state index contributed by atoms with van der Waals surface area (Å²) in [6.45, 7) is 3.16. The van der Waals surface area contributed by atoms with Crippen LogP contribution >= 0.6 is 0 Å². The Morgan fingerprint density at radius 3 is 2.88 bits per heavy atom. The molecule has 0 bridgehead atoms. The maximum Gasteiger partial charge on any atom is 0.413 e. The topological polar surface area (TPSA) is 104 Å². The van der Waals surface area contributed by atoms with Crippen molar-refractivity contribution in [2.75, 3.05) is 31.1 Å². The summed E-state index contributed by atoms with van der Waals surface area (Å²) in [6.07, 6.45) is 13.9. The molecule has 9 heteroatoms. The zero-order valence-electron chi connectivity index (χ0n) is 19.5. The molecule has 1 aromatic heterocycles. The Bertz CT molecular complexity index is 895. The first-order chi connectivity index (χ1) is 16.6. The molecule has 0 aromatic carbocycles. The van der Waals surface area contributed by atoms with Crippen molar-refractivity contribution in [3.05, 3.63) is 41.6 Å². The molecule has 1 aliphatic carbocycles. The second-order valence-corrected chi connectivity index (χ2v) is 9.10. The summed E-state index contributed by atoms with van der Waals surface area (Å²) in [5.74, 6) is 0.000143. The highest BCUT2D eigenvalue weighted by Gasteiger charge is 2.32. The normalized spacial score (nSPS) is 23.6. The minimum Gasteiger partial charge on any atom is -0.465 e. The van der Waals surface area contributed by atoms with Crippen LogP contribution in [0.25, 0.3) is 6.08 Å². The van der Waals surface area contributed by atoms with E-state index >= 15 is 0 Å².